The van der Waals surface area contributed by atoms with Crippen LogP contribution in [0.2, 0.25) is 0 Å². The van der Waals surface area contributed by atoms with Crippen LogP contribution in [0.3, 0.4) is 0 Å². The van der Waals surface area contributed by atoms with Crippen molar-refractivity contribution in [1.29, 1.82) is 0 Å². The molecule has 6 heteroatoms. The Labute approximate surface area is 104 Å². The van der Waals surface area contributed by atoms with Gasteiger partial charge in [0.05, 0.1) is 12.0 Å². The molecule has 1 saturated carbocycles. The average molecular weight is 243 g/mol. The van der Waals surface area contributed by atoms with Crippen LogP contribution in [-0.2, 0) is 16.8 Å². The van der Waals surface area contributed by atoms with Gasteiger partial charge in [0, 0.05) is 0 Å². The largest absolute Gasteiger partial charge is 0.348 e. The lowest BCUT2D eigenvalue weighted by Crippen LogP contribution is -2.34. The fraction of sp³-hybridized carbons (Fsp3) is 0.333. The lowest BCUT2D eigenvalue weighted by molar-refractivity contribution is -0.123. The molecule has 1 heterocycles. The van der Waals surface area contributed by atoms with Gasteiger partial charge in [-0.1, -0.05) is 35.5 Å². The number of tetrazole rings is 1. The highest BCUT2D eigenvalue weighted by atomic mass is 16.2. The Morgan fingerprint density at radius 2 is 2.11 bits per heavy atom. The number of aromatic amines is 1. The molecule has 0 spiro atoms. The van der Waals surface area contributed by atoms with Crippen LogP contribution in [0.25, 0.3) is 0 Å². The molecular weight excluding hydrogens is 230 g/mol. The van der Waals surface area contributed by atoms with Crippen LogP contribution in [-0.4, -0.2) is 26.5 Å². The van der Waals surface area contributed by atoms with Crippen molar-refractivity contribution < 1.29 is 4.79 Å². The van der Waals surface area contributed by atoms with Gasteiger partial charge >= 0.3 is 0 Å². The maximum atomic E-state index is 12.2. The minimum absolute atomic E-state index is 0.0403. The van der Waals surface area contributed by atoms with E-state index in [0.29, 0.717) is 12.4 Å². The van der Waals surface area contributed by atoms with Crippen LogP contribution in [0, 0.1) is 0 Å². The van der Waals surface area contributed by atoms with Gasteiger partial charge in [-0.15, -0.1) is 10.2 Å². The van der Waals surface area contributed by atoms with Crippen molar-refractivity contribution in [2.75, 3.05) is 0 Å². The summed E-state index contributed by atoms with van der Waals surface area (Å²) >= 11 is 0. The summed E-state index contributed by atoms with van der Waals surface area (Å²) in [5.74, 6) is 0.533. The number of H-pyrrole nitrogens is 1. The maximum absolute atomic E-state index is 12.2. The van der Waals surface area contributed by atoms with E-state index >= 15 is 0 Å². The van der Waals surface area contributed by atoms with Crippen molar-refractivity contribution in [3.63, 3.8) is 0 Å². The first-order valence-electron chi connectivity index (χ1n) is 5.87. The number of benzene rings is 1. The van der Waals surface area contributed by atoms with E-state index in [9.17, 15) is 4.79 Å². The second kappa shape index (κ2) is 4.21. The van der Waals surface area contributed by atoms with Crippen LogP contribution in [0.1, 0.15) is 24.2 Å². The van der Waals surface area contributed by atoms with Crippen molar-refractivity contribution in [2.45, 2.75) is 24.8 Å². The van der Waals surface area contributed by atoms with Gasteiger partial charge < -0.3 is 5.32 Å². The standard InChI is InChI=1S/C12H13N5O/c18-11(13-8-10-14-16-17-15-10)12(6-7-12)9-4-2-1-3-5-9/h1-5H,6-8H2,(H,13,18)(H,14,15,16,17). The van der Waals surface area contributed by atoms with E-state index < -0.39 is 0 Å². The van der Waals surface area contributed by atoms with E-state index in [0.717, 1.165) is 18.4 Å². The molecule has 3 rings (SSSR count). The van der Waals surface area contributed by atoms with E-state index in [1.807, 2.05) is 30.3 Å². The Morgan fingerprint density at radius 1 is 1.33 bits per heavy atom. The molecule has 1 fully saturated rings. The van der Waals surface area contributed by atoms with Gasteiger partial charge in [-0.05, 0) is 18.4 Å². The maximum Gasteiger partial charge on any atom is 0.231 e. The van der Waals surface area contributed by atoms with Crippen molar-refractivity contribution in [3.05, 3.63) is 41.7 Å². The van der Waals surface area contributed by atoms with Gasteiger partial charge in [-0.25, -0.2) is 0 Å². The van der Waals surface area contributed by atoms with Gasteiger partial charge in [0.25, 0.3) is 0 Å². The highest BCUT2D eigenvalue weighted by Gasteiger charge is 2.50. The van der Waals surface area contributed by atoms with Gasteiger partial charge in [0.1, 0.15) is 0 Å². The molecule has 1 aliphatic rings. The molecule has 92 valence electrons. The summed E-state index contributed by atoms with van der Waals surface area (Å²) in [5, 5.41) is 16.3. The molecule has 2 N–H and O–H groups in total. The monoisotopic (exact) mass is 243 g/mol. The molecule has 2 aromatic rings. The van der Waals surface area contributed by atoms with Crippen molar-refractivity contribution in [2.24, 2.45) is 0 Å². The third-order valence-corrected chi connectivity index (χ3v) is 3.31. The summed E-state index contributed by atoms with van der Waals surface area (Å²) < 4.78 is 0. The van der Waals surface area contributed by atoms with E-state index in [1.54, 1.807) is 0 Å². The van der Waals surface area contributed by atoms with Crippen LogP contribution >= 0.6 is 0 Å². The van der Waals surface area contributed by atoms with Gasteiger partial charge in [-0.2, -0.15) is 5.21 Å². The minimum atomic E-state index is -0.342. The number of hydrogen-bond acceptors (Lipinski definition) is 4. The van der Waals surface area contributed by atoms with E-state index in [4.69, 9.17) is 0 Å². The molecule has 0 unspecified atom stereocenters. The first-order chi connectivity index (χ1) is 8.81. The molecule has 18 heavy (non-hydrogen) atoms. The van der Waals surface area contributed by atoms with Crippen molar-refractivity contribution >= 4 is 5.91 Å². The zero-order valence-electron chi connectivity index (χ0n) is 9.76. The molecule has 1 aliphatic carbocycles. The lowest BCUT2D eigenvalue weighted by atomic mass is 9.95. The average Bonchev–Trinajstić information content (AvgIpc) is 3.07. The Kier molecular flexibility index (Phi) is 2.55. The Balaban J connectivity index is 1.69. The number of nitrogens with one attached hydrogen (secondary N) is 2. The Morgan fingerprint density at radius 3 is 2.72 bits per heavy atom. The quantitative estimate of drug-likeness (QED) is 0.821. The summed E-state index contributed by atoms with van der Waals surface area (Å²) in [6.07, 6.45) is 1.80. The number of amides is 1. The molecule has 0 aliphatic heterocycles. The van der Waals surface area contributed by atoms with Crippen LogP contribution in [0.4, 0.5) is 0 Å². The Hall–Kier alpha value is -2.24. The summed E-state index contributed by atoms with van der Waals surface area (Å²) in [6, 6.07) is 9.88. The Bertz CT molecular complexity index is 533. The van der Waals surface area contributed by atoms with Gasteiger partial charge in [-0.3, -0.25) is 4.79 Å². The van der Waals surface area contributed by atoms with Crippen LogP contribution < -0.4 is 5.32 Å². The van der Waals surface area contributed by atoms with Crippen LogP contribution in [0.15, 0.2) is 30.3 Å². The molecule has 1 aromatic heterocycles. The van der Waals surface area contributed by atoms with E-state index in [-0.39, 0.29) is 11.3 Å². The number of hydrogen-bond donors (Lipinski definition) is 2. The second-order valence-electron chi connectivity index (χ2n) is 4.46. The molecular formula is C12H13N5O. The summed E-state index contributed by atoms with van der Waals surface area (Å²) in [6.45, 7) is 0.309. The number of nitrogens with zero attached hydrogens (tertiary/aromatic N) is 3. The first kappa shape index (κ1) is 10.9. The topological polar surface area (TPSA) is 83.6 Å². The van der Waals surface area contributed by atoms with Gasteiger partial charge in [0.2, 0.25) is 5.91 Å². The summed E-state index contributed by atoms with van der Waals surface area (Å²) in [4.78, 5) is 12.2. The smallest absolute Gasteiger partial charge is 0.231 e. The number of aromatic nitrogens is 4. The zero-order valence-corrected chi connectivity index (χ0v) is 9.76. The predicted molar refractivity (Wildman–Crippen MR) is 63.4 cm³/mol. The fourth-order valence-corrected chi connectivity index (χ4v) is 2.11. The van der Waals surface area contributed by atoms with E-state index in [2.05, 4.69) is 25.9 Å². The highest BCUT2D eigenvalue weighted by Crippen LogP contribution is 2.48. The molecule has 1 aromatic carbocycles. The number of rotatable bonds is 4. The van der Waals surface area contributed by atoms with Crippen molar-refractivity contribution in [1.82, 2.24) is 25.9 Å². The number of carbonyl (C=O) groups is 1. The molecule has 0 saturated heterocycles. The van der Waals surface area contributed by atoms with Crippen molar-refractivity contribution in [3.8, 4) is 0 Å². The number of carbonyl (C=O) groups excluding carboxylic acids is 1. The molecule has 1 amide bonds. The zero-order chi connectivity index (χ0) is 12.4. The third kappa shape index (κ3) is 1.85. The highest BCUT2D eigenvalue weighted by molar-refractivity contribution is 5.91. The fourth-order valence-electron chi connectivity index (χ4n) is 2.11. The summed E-state index contributed by atoms with van der Waals surface area (Å²) in [7, 11) is 0. The molecule has 0 radical (unpaired) electrons. The SMILES string of the molecule is O=C(NCc1nn[nH]n1)C1(c2ccccc2)CC1. The predicted octanol–water partition coefficient (Wildman–Crippen LogP) is 0.548. The third-order valence-electron chi connectivity index (χ3n) is 3.31. The van der Waals surface area contributed by atoms with Gasteiger partial charge in [0.15, 0.2) is 5.82 Å². The van der Waals surface area contributed by atoms with E-state index in [1.165, 1.54) is 0 Å². The molecule has 0 bridgehead atoms. The van der Waals surface area contributed by atoms with Crippen LogP contribution in [0.5, 0.6) is 0 Å². The normalized spacial score (nSPS) is 16.2. The second-order valence-corrected chi connectivity index (χ2v) is 4.46. The summed E-state index contributed by atoms with van der Waals surface area (Å²) in [5.41, 5.74) is 0.737. The first-order valence-corrected chi connectivity index (χ1v) is 5.87. The lowest BCUT2D eigenvalue weighted by Gasteiger charge is -2.14. The molecule has 6 nitrogen and oxygen atoms in total. The minimum Gasteiger partial charge on any atom is -0.348 e. The molecule has 0 atom stereocenters.